The molecule has 146 valence electrons. The molecule has 1 heterocycles. The van der Waals surface area contributed by atoms with Crippen molar-refractivity contribution in [3.05, 3.63) is 82.0 Å². The Kier molecular flexibility index (Phi) is 7.57. The fraction of sp³-hybridized carbons (Fsp3) is 0.261. The zero-order valence-corrected chi connectivity index (χ0v) is 18.0. The third-order valence-electron chi connectivity index (χ3n) is 4.46. The molecule has 0 aliphatic carbocycles. The molecule has 5 heteroatoms. The summed E-state index contributed by atoms with van der Waals surface area (Å²) in [4.78, 5) is 17.1. The van der Waals surface area contributed by atoms with E-state index in [1.54, 1.807) is 23.1 Å². The molecule has 0 spiro atoms. The summed E-state index contributed by atoms with van der Waals surface area (Å²) in [5.74, 6) is 0.905. The summed E-state index contributed by atoms with van der Waals surface area (Å²) in [7, 11) is 4.09. The van der Waals surface area contributed by atoms with Crippen LogP contribution in [-0.2, 0) is 12.2 Å². The molecule has 3 nitrogen and oxygen atoms in total. The third-order valence-corrected chi connectivity index (χ3v) is 6.64. The van der Waals surface area contributed by atoms with Gasteiger partial charge in [-0.15, -0.1) is 23.1 Å². The number of nitrogens with one attached hydrogen (secondary N) is 1. The molecule has 0 aliphatic rings. The van der Waals surface area contributed by atoms with Gasteiger partial charge in [-0.05, 0) is 54.1 Å². The zero-order chi connectivity index (χ0) is 19.8. The van der Waals surface area contributed by atoms with Gasteiger partial charge in [0.2, 0.25) is 0 Å². The van der Waals surface area contributed by atoms with E-state index in [1.807, 2.05) is 38.4 Å². The lowest BCUT2D eigenvalue weighted by molar-refractivity contribution is 0.0950. The van der Waals surface area contributed by atoms with Crippen molar-refractivity contribution in [1.82, 2.24) is 5.32 Å². The van der Waals surface area contributed by atoms with Gasteiger partial charge in [-0.2, -0.15) is 0 Å². The maximum atomic E-state index is 12.6. The summed E-state index contributed by atoms with van der Waals surface area (Å²) >= 11 is 3.47. The minimum Gasteiger partial charge on any atom is -0.378 e. The van der Waals surface area contributed by atoms with E-state index in [1.165, 1.54) is 16.1 Å². The Balaban J connectivity index is 1.48. The van der Waals surface area contributed by atoms with Crippen molar-refractivity contribution in [2.75, 3.05) is 25.5 Å². The highest BCUT2D eigenvalue weighted by molar-refractivity contribution is 7.98. The minimum absolute atomic E-state index is 0.0113. The van der Waals surface area contributed by atoms with E-state index in [0.717, 1.165) is 29.1 Å². The smallest absolute Gasteiger partial charge is 0.252 e. The molecule has 1 amide bonds. The van der Waals surface area contributed by atoms with Gasteiger partial charge in [-0.25, -0.2) is 0 Å². The monoisotopic (exact) mass is 410 g/mol. The van der Waals surface area contributed by atoms with Crippen molar-refractivity contribution < 1.29 is 4.79 Å². The number of hydrogen-bond donors (Lipinski definition) is 1. The van der Waals surface area contributed by atoms with Gasteiger partial charge in [-0.1, -0.05) is 30.3 Å². The molecule has 0 atom stereocenters. The highest BCUT2D eigenvalue weighted by Gasteiger charge is 2.11. The van der Waals surface area contributed by atoms with Gasteiger partial charge in [0.1, 0.15) is 0 Å². The van der Waals surface area contributed by atoms with Gasteiger partial charge in [-0.3, -0.25) is 4.79 Å². The van der Waals surface area contributed by atoms with Gasteiger partial charge >= 0.3 is 0 Å². The molecule has 28 heavy (non-hydrogen) atoms. The van der Waals surface area contributed by atoms with Crippen LogP contribution in [0.2, 0.25) is 0 Å². The maximum absolute atomic E-state index is 12.6. The number of benzene rings is 2. The van der Waals surface area contributed by atoms with Crippen LogP contribution >= 0.6 is 23.1 Å². The fourth-order valence-electron chi connectivity index (χ4n) is 2.87. The molecular formula is C23H26N2OS2. The molecule has 3 rings (SSSR count). The highest BCUT2D eigenvalue weighted by Crippen LogP contribution is 2.27. The van der Waals surface area contributed by atoms with Gasteiger partial charge in [0, 0.05) is 41.9 Å². The van der Waals surface area contributed by atoms with Crippen LogP contribution in [0.4, 0.5) is 5.69 Å². The number of amides is 1. The van der Waals surface area contributed by atoms with E-state index in [2.05, 4.69) is 52.0 Å². The molecule has 0 fully saturated rings. The quantitative estimate of drug-likeness (QED) is 0.375. The van der Waals surface area contributed by atoms with E-state index in [9.17, 15) is 4.79 Å². The first-order chi connectivity index (χ1) is 13.6. The van der Waals surface area contributed by atoms with Crippen molar-refractivity contribution in [3.63, 3.8) is 0 Å². The lowest BCUT2D eigenvalue weighted by atomic mass is 10.1. The second-order valence-corrected chi connectivity index (χ2v) is 8.83. The number of thioether (sulfide) groups is 1. The first kappa shape index (κ1) is 20.5. The third kappa shape index (κ3) is 5.88. The summed E-state index contributed by atoms with van der Waals surface area (Å²) in [6, 6.07) is 20.6. The average molecular weight is 411 g/mol. The highest BCUT2D eigenvalue weighted by atomic mass is 32.2. The van der Waals surface area contributed by atoms with Crippen LogP contribution in [0.15, 0.2) is 70.9 Å². The SMILES string of the molecule is CN(C)c1ccc(CCCNC(=O)c2ccccc2SCc2cccs2)cc1. The average Bonchev–Trinajstić information content (AvgIpc) is 3.24. The molecule has 0 unspecified atom stereocenters. The second kappa shape index (κ2) is 10.3. The van der Waals surface area contributed by atoms with E-state index < -0.39 is 0 Å². The zero-order valence-electron chi connectivity index (χ0n) is 16.4. The Bertz CT molecular complexity index is 874. The number of anilines is 1. The van der Waals surface area contributed by atoms with Crippen LogP contribution in [0, 0.1) is 0 Å². The van der Waals surface area contributed by atoms with E-state index in [-0.39, 0.29) is 5.91 Å². The Morgan fingerprint density at radius 3 is 2.54 bits per heavy atom. The number of aryl methyl sites for hydroxylation is 1. The summed E-state index contributed by atoms with van der Waals surface area (Å²) in [6.45, 7) is 0.679. The van der Waals surface area contributed by atoms with Gasteiger partial charge in [0.05, 0.1) is 5.56 Å². The standard InChI is InChI=1S/C23H26N2OS2/c1-25(2)19-13-11-18(12-14-19)7-5-15-24-23(26)21-9-3-4-10-22(21)28-17-20-8-6-16-27-20/h3-4,6,8-14,16H,5,7,15,17H2,1-2H3,(H,24,26). The van der Waals surface area contributed by atoms with Crippen LogP contribution in [0.3, 0.4) is 0 Å². The first-order valence-corrected chi connectivity index (χ1v) is 11.3. The van der Waals surface area contributed by atoms with Crippen LogP contribution in [0.5, 0.6) is 0 Å². The summed E-state index contributed by atoms with van der Waals surface area (Å²) in [6.07, 6.45) is 1.89. The summed E-state index contributed by atoms with van der Waals surface area (Å²) < 4.78 is 0. The molecule has 2 aromatic carbocycles. The van der Waals surface area contributed by atoms with Crippen LogP contribution in [0.1, 0.15) is 27.2 Å². The molecule has 0 bridgehead atoms. The maximum Gasteiger partial charge on any atom is 0.252 e. The topological polar surface area (TPSA) is 32.3 Å². The van der Waals surface area contributed by atoms with Crippen LogP contribution in [0.25, 0.3) is 0 Å². The van der Waals surface area contributed by atoms with Crippen LogP contribution in [-0.4, -0.2) is 26.5 Å². The van der Waals surface area contributed by atoms with Crippen LogP contribution < -0.4 is 10.2 Å². The number of thiophene rings is 1. The lowest BCUT2D eigenvalue weighted by Crippen LogP contribution is -2.25. The van der Waals surface area contributed by atoms with Crippen molar-refractivity contribution in [3.8, 4) is 0 Å². The fourth-order valence-corrected chi connectivity index (χ4v) is 4.70. The summed E-state index contributed by atoms with van der Waals surface area (Å²) in [5.41, 5.74) is 3.26. The Morgan fingerprint density at radius 1 is 1.04 bits per heavy atom. The Hall–Kier alpha value is -2.24. The van der Waals surface area contributed by atoms with Crippen molar-refractivity contribution >= 4 is 34.7 Å². The molecule has 0 radical (unpaired) electrons. The van der Waals surface area contributed by atoms with Gasteiger partial charge in [0.25, 0.3) is 5.91 Å². The number of nitrogens with zero attached hydrogens (tertiary/aromatic N) is 1. The second-order valence-electron chi connectivity index (χ2n) is 6.78. The molecule has 1 aromatic heterocycles. The number of hydrogen-bond acceptors (Lipinski definition) is 4. The predicted molar refractivity (Wildman–Crippen MR) is 122 cm³/mol. The lowest BCUT2D eigenvalue weighted by Gasteiger charge is -2.13. The molecule has 0 saturated carbocycles. The number of carbonyl (C=O) groups excluding carboxylic acids is 1. The molecule has 0 saturated heterocycles. The molecule has 0 aliphatic heterocycles. The predicted octanol–water partition coefficient (Wildman–Crippen LogP) is 5.47. The Labute approximate surface area is 175 Å². The molecule has 3 aromatic rings. The van der Waals surface area contributed by atoms with E-state index in [4.69, 9.17) is 0 Å². The minimum atomic E-state index is 0.0113. The molecular weight excluding hydrogens is 384 g/mol. The largest absolute Gasteiger partial charge is 0.378 e. The number of rotatable bonds is 9. The summed E-state index contributed by atoms with van der Waals surface area (Å²) in [5, 5.41) is 5.16. The van der Waals surface area contributed by atoms with Crippen molar-refractivity contribution in [2.24, 2.45) is 0 Å². The van der Waals surface area contributed by atoms with E-state index in [0.29, 0.717) is 6.54 Å². The first-order valence-electron chi connectivity index (χ1n) is 9.42. The van der Waals surface area contributed by atoms with E-state index >= 15 is 0 Å². The van der Waals surface area contributed by atoms with Crippen molar-refractivity contribution in [2.45, 2.75) is 23.5 Å². The Morgan fingerprint density at radius 2 is 1.82 bits per heavy atom. The van der Waals surface area contributed by atoms with Gasteiger partial charge < -0.3 is 10.2 Å². The normalized spacial score (nSPS) is 10.6. The molecule has 1 N–H and O–H groups in total. The van der Waals surface area contributed by atoms with Crippen molar-refractivity contribution in [1.29, 1.82) is 0 Å². The van der Waals surface area contributed by atoms with Gasteiger partial charge in [0.15, 0.2) is 0 Å². The number of carbonyl (C=O) groups is 1.